The van der Waals surface area contributed by atoms with Crippen LogP contribution in [0.25, 0.3) is 0 Å². The zero-order chi connectivity index (χ0) is 20.2. The predicted molar refractivity (Wildman–Crippen MR) is 115 cm³/mol. The molecule has 2 rings (SSSR count). The van der Waals surface area contributed by atoms with Crippen LogP contribution in [-0.4, -0.2) is 29.7 Å². The lowest BCUT2D eigenvalue weighted by atomic mass is 10.1. The highest BCUT2D eigenvalue weighted by atomic mass is 32.2. The fraction of sp³-hybridized carbons (Fsp3) is 0.455. The summed E-state index contributed by atoms with van der Waals surface area (Å²) in [6.45, 7) is 6.96. The lowest BCUT2D eigenvalue weighted by Crippen LogP contribution is -2.34. The Bertz CT molecular complexity index is 695. The van der Waals surface area contributed by atoms with Gasteiger partial charge in [0, 0.05) is 17.6 Å². The average Bonchev–Trinajstić information content (AvgIpc) is 2.72. The Labute approximate surface area is 172 Å². The smallest absolute Gasteiger partial charge is 0.407 e. The molecule has 0 aliphatic carbocycles. The molecule has 1 aromatic heterocycles. The fourth-order valence-corrected chi connectivity index (χ4v) is 4.17. The number of amides is 1. The van der Waals surface area contributed by atoms with Gasteiger partial charge in [-0.15, -0.1) is 11.8 Å². The molecule has 5 nitrogen and oxygen atoms in total. The summed E-state index contributed by atoms with van der Waals surface area (Å²) in [7, 11) is 0. The summed E-state index contributed by atoms with van der Waals surface area (Å²) < 4.78 is 10.6. The van der Waals surface area contributed by atoms with Crippen LogP contribution >= 0.6 is 11.8 Å². The van der Waals surface area contributed by atoms with Gasteiger partial charge in [-0.05, 0) is 62.4 Å². The first-order valence-corrected chi connectivity index (χ1v) is 10.8. The molecule has 0 aliphatic heterocycles. The van der Waals surface area contributed by atoms with Crippen molar-refractivity contribution in [1.29, 1.82) is 0 Å². The summed E-state index contributed by atoms with van der Waals surface area (Å²) in [5, 5.41) is 3.23. The van der Waals surface area contributed by atoms with Gasteiger partial charge in [-0.25, -0.2) is 4.79 Å². The molecule has 1 aromatic carbocycles. The molecule has 1 amide bonds. The lowest BCUT2D eigenvalue weighted by Gasteiger charge is -2.23. The molecular formula is C22H30N2O3S. The molecule has 2 aromatic rings. The molecule has 0 saturated carbocycles. The number of hydrogen-bond acceptors (Lipinski definition) is 5. The summed E-state index contributed by atoms with van der Waals surface area (Å²) in [4.78, 5) is 16.2. The van der Waals surface area contributed by atoms with Crippen molar-refractivity contribution in [3.05, 3.63) is 59.9 Å². The van der Waals surface area contributed by atoms with Gasteiger partial charge in [0.1, 0.15) is 5.75 Å². The highest BCUT2D eigenvalue weighted by Gasteiger charge is 2.20. The topological polar surface area (TPSA) is 60.5 Å². The Kier molecular flexibility index (Phi) is 9.69. The molecule has 1 N–H and O–H groups in total. The van der Waals surface area contributed by atoms with Crippen molar-refractivity contribution in [2.24, 2.45) is 0 Å². The van der Waals surface area contributed by atoms with E-state index in [9.17, 15) is 4.79 Å². The van der Waals surface area contributed by atoms with E-state index in [1.54, 1.807) is 18.0 Å². The van der Waals surface area contributed by atoms with Gasteiger partial charge >= 0.3 is 6.09 Å². The number of aromatic nitrogens is 1. The second kappa shape index (κ2) is 12.3. The van der Waals surface area contributed by atoms with Crippen LogP contribution in [0.5, 0.6) is 5.75 Å². The van der Waals surface area contributed by atoms with Crippen LogP contribution in [0, 0.1) is 0 Å². The monoisotopic (exact) mass is 402 g/mol. The average molecular weight is 403 g/mol. The molecule has 0 radical (unpaired) electrons. The lowest BCUT2D eigenvalue weighted by molar-refractivity contribution is 0.151. The van der Waals surface area contributed by atoms with E-state index in [0.29, 0.717) is 13.2 Å². The van der Waals surface area contributed by atoms with Gasteiger partial charge in [-0.2, -0.15) is 0 Å². The molecule has 2 atom stereocenters. The maximum Gasteiger partial charge on any atom is 0.407 e. The quantitative estimate of drug-likeness (QED) is 0.512. The summed E-state index contributed by atoms with van der Waals surface area (Å²) in [5.74, 6) is 0.879. The number of hydrogen-bond donors (Lipinski definition) is 1. The Morgan fingerprint density at radius 3 is 2.54 bits per heavy atom. The molecule has 152 valence electrons. The van der Waals surface area contributed by atoms with Crippen LogP contribution in [-0.2, 0) is 11.2 Å². The maximum atomic E-state index is 12.0. The van der Waals surface area contributed by atoms with Crippen molar-refractivity contribution in [2.45, 2.75) is 50.7 Å². The molecule has 0 spiro atoms. The molecular weight excluding hydrogens is 372 g/mol. The first-order valence-electron chi connectivity index (χ1n) is 9.86. The normalized spacial score (nSPS) is 12.8. The van der Waals surface area contributed by atoms with Crippen molar-refractivity contribution in [2.75, 3.05) is 13.2 Å². The minimum atomic E-state index is -0.368. The number of benzene rings is 1. The second-order valence-electron chi connectivity index (χ2n) is 6.29. The first kappa shape index (κ1) is 22.1. The summed E-state index contributed by atoms with van der Waals surface area (Å²) in [6, 6.07) is 12.2. The number of aryl methyl sites for hydroxylation is 1. The highest BCUT2D eigenvalue weighted by Crippen LogP contribution is 2.35. The minimum Gasteiger partial charge on any atom is -0.494 e. The van der Waals surface area contributed by atoms with Crippen LogP contribution in [0.2, 0.25) is 0 Å². The van der Waals surface area contributed by atoms with Crippen molar-refractivity contribution in [3.8, 4) is 5.75 Å². The van der Waals surface area contributed by atoms with Gasteiger partial charge in [0.15, 0.2) is 0 Å². The van der Waals surface area contributed by atoms with Crippen molar-refractivity contribution < 1.29 is 14.3 Å². The van der Waals surface area contributed by atoms with Gasteiger partial charge in [0.25, 0.3) is 0 Å². The van der Waals surface area contributed by atoms with E-state index >= 15 is 0 Å². The molecule has 0 bridgehead atoms. The summed E-state index contributed by atoms with van der Waals surface area (Å²) in [6.07, 6.45) is 5.94. The van der Waals surface area contributed by atoms with E-state index < -0.39 is 0 Å². The van der Waals surface area contributed by atoms with Crippen LogP contribution in [0.3, 0.4) is 0 Å². The number of alkyl carbamates (subject to hydrolysis) is 1. The number of ether oxygens (including phenoxy) is 2. The van der Waals surface area contributed by atoms with Crippen LogP contribution in [0.4, 0.5) is 4.79 Å². The van der Waals surface area contributed by atoms with Crippen LogP contribution in [0.15, 0.2) is 48.8 Å². The standard InChI is InChI=1S/C22H30N2O3S/c1-4-20(18-8-7-15-23-16-18)28-21(24-22(25)27-6-3)14-11-17-9-12-19(13-10-17)26-5-2/h7-10,12-13,15-16,20-21H,4-6,11,14H2,1-3H3,(H,24,25). The largest absolute Gasteiger partial charge is 0.494 e. The third-order valence-electron chi connectivity index (χ3n) is 4.24. The summed E-state index contributed by atoms with van der Waals surface area (Å²) >= 11 is 1.75. The van der Waals surface area contributed by atoms with Gasteiger partial charge in [-0.3, -0.25) is 4.98 Å². The third kappa shape index (κ3) is 7.43. The van der Waals surface area contributed by atoms with Crippen molar-refractivity contribution >= 4 is 17.9 Å². The SMILES string of the molecule is CCOC(=O)NC(CCc1ccc(OCC)cc1)SC(CC)c1cccnc1. The number of pyridine rings is 1. The van der Waals surface area contributed by atoms with E-state index in [1.807, 2.05) is 38.2 Å². The van der Waals surface area contributed by atoms with E-state index in [4.69, 9.17) is 9.47 Å². The van der Waals surface area contributed by atoms with E-state index in [0.717, 1.165) is 25.0 Å². The molecule has 2 unspecified atom stereocenters. The molecule has 28 heavy (non-hydrogen) atoms. The number of thioether (sulfide) groups is 1. The Morgan fingerprint density at radius 1 is 1.14 bits per heavy atom. The number of nitrogens with one attached hydrogen (secondary N) is 1. The van der Waals surface area contributed by atoms with Crippen molar-refractivity contribution in [3.63, 3.8) is 0 Å². The van der Waals surface area contributed by atoms with Gasteiger partial charge < -0.3 is 14.8 Å². The summed E-state index contributed by atoms with van der Waals surface area (Å²) in [5.41, 5.74) is 2.39. The maximum absolute atomic E-state index is 12.0. The zero-order valence-corrected chi connectivity index (χ0v) is 17.7. The number of rotatable bonds is 11. The molecule has 0 fully saturated rings. The van der Waals surface area contributed by atoms with Crippen LogP contribution in [0.1, 0.15) is 50.0 Å². The third-order valence-corrected chi connectivity index (χ3v) is 5.86. The highest BCUT2D eigenvalue weighted by molar-refractivity contribution is 8.00. The van der Waals surface area contributed by atoms with Gasteiger partial charge in [0.2, 0.25) is 0 Å². The van der Waals surface area contributed by atoms with Crippen molar-refractivity contribution in [1.82, 2.24) is 10.3 Å². The first-order chi connectivity index (χ1) is 13.7. The predicted octanol–water partition coefficient (Wildman–Crippen LogP) is 5.37. The van der Waals surface area contributed by atoms with E-state index in [-0.39, 0.29) is 16.7 Å². The molecule has 0 saturated heterocycles. The van der Waals surface area contributed by atoms with Crippen LogP contribution < -0.4 is 10.1 Å². The molecule has 1 heterocycles. The van der Waals surface area contributed by atoms with Gasteiger partial charge in [0.05, 0.1) is 18.6 Å². The fourth-order valence-electron chi connectivity index (χ4n) is 2.87. The minimum absolute atomic E-state index is 0.0456. The Hall–Kier alpha value is -2.21. The number of carbonyl (C=O) groups is 1. The van der Waals surface area contributed by atoms with Gasteiger partial charge in [-0.1, -0.05) is 25.1 Å². The number of carbonyl (C=O) groups excluding carboxylic acids is 1. The molecule has 0 aliphatic rings. The zero-order valence-electron chi connectivity index (χ0n) is 16.9. The second-order valence-corrected chi connectivity index (χ2v) is 7.70. The Morgan fingerprint density at radius 2 is 1.93 bits per heavy atom. The van der Waals surface area contributed by atoms with E-state index in [1.165, 1.54) is 11.1 Å². The van der Waals surface area contributed by atoms with E-state index in [2.05, 4.69) is 35.4 Å². The Balaban J connectivity index is 2.02. The molecule has 6 heteroatoms. The number of nitrogens with zero attached hydrogens (tertiary/aromatic N) is 1.